The van der Waals surface area contributed by atoms with Crippen molar-refractivity contribution in [2.75, 3.05) is 18.4 Å². The molecule has 0 spiro atoms. The molecular formula is C22H22N4O2. The van der Waals surface area contributed by atoms with Gasteiger partial charge in [0, 0.05) is 36.4 Å². The minimum Gasteiger partial charge on any atom is -0.339 e. The summed E-state index contributed by atoms with van der Waals surface area (Å²) < 4.78 is 0. The van der Waals surface area contributed by atoms with Crippen molar-refractivity contribution in [1.82, 2.24) is 14.9 Å². The van der Waals surface area contributed by atoms with Gasteiger partial charge in [0.1, 0.15) is 5.69 Å². The van der Waals surface area contributed by atoms with E-state index < -0.39 is 0 Å². The molecule has 1 fully saturated rings. The van der Waals surface area contributed by atoms with Crippen LogP contribution in [-0.2, 0) is 0 Å². The third-order valence-electron chi connectivity index (χ3n) is 5.19. The fourth-order valence-electron chi connectivity index (χ4n) is 3.47. The third-order valence-corrected chi connectivity index (χ3v) is 5.19. The van der Waals surface area contributed by atoms with E-state index >= 15 is 0 Å². The number of nitrogens with one attached hydrogen (secondary N) is 1. The summed E-state index contributed by atoms with van der Waals surface area (Å²) >= 11 is 0. The van der Waals surface area contributed by atoms with Crippen molar-refractivity contribution in [2.45, 2.75) is 19.8 Å². The highest BCUT2D eigenvalue weighted by Crippen LogP contribution is 2.22. The van der Waals surface area contributed by atoms with Crippen LogP contribution in [-0.4, -0.2) is 39.8 Å². The number of carbonyl (C=O) groups is 2. The summed E-state index contributed by atoms with van der Waals surface area (Å²) in [5, 5.41) is 3.81. The number of pyridine rings is 2. The van der Waals surface area contributed by atoms with Crippen molar-refractivity contribution in [3.05, 3.63) is 66.1 Å². The molecule has 6 heteroatoms. The van der Waals surface area contributed by atoms with Gasteiger partial charge in [-0.1, -0.05) is 25.1 Å². The summed E-state index contributed by atoms with van der Waals surface area (Å²) in [6.07, 6.45) is 5.22. The Morgan fingerprint density at radius 3 is 2.64 bits per heavy atom. The Balaban J connectivity index is 1.54. The zero-order valence-corrected chi connectivity index (χ0v) is 15.8. The average Bonchev–Trinajstić information content (AvgIpc) is 2.74. The second-order valence-electron chi connectivity index (χ2n) is 7.24. The highest BCUT2D eigenvalue weighted by molar-refractivity contribution is 6.08. The molecule has 1 N–H and O–H groups in total. The van der Waals surface area contributed by atoms with E-state index in [4.69, 9.17) is 0 Å². The summed E-state index contributed by atoms with van der Waals surface area (Å²) in [7, 11) is 0. The van der Waals surface area contributed by atoms with E-state index in [0.29, 0.717) is 22.7 Å². The zero-order valence-electron chi connectivity index (χ0n) is 15.8. The van der Waals surface area contributed by atoms with Gasteiger partial charge in [0.05, 0.1) is 11.2 Å². The van der Waals surface area contributed by atoms with Gasteiger partial charge >= 0.3 is 0 Å². The van der Waals surface area contributed by atoms with Crippen LogP contribution in [0, 0.1) is 5.92 Å². The molecule has 1 aromatic carbocycles. The lowest BCUT2D eigenvalue weighted by Gasteiger charge is -2.30. The summed E-state index contributed by atoms with van der Waals surface area (Å²) in [5.74, 6) is 0.243. The molecule has 28 heavy (non-hydrogen) atoms. The van der Waals surface area contributed by atoms with Crippen molar-refractivity contribution < 1.29 is 9.59 Å². The Labute approximate surface area is 163 Å². The summed E-state index contributed by atoms with van der Waals surface area (Å²) in [5.41, 5.74) is 2.04. The predicted molar refractivity (Wildman–Crippen MR) is 108 cm³/mol. The van der Waals surface area contributed by atoms with Crippen LogP contribution in [0.25, 0.3) is 10.9 Å². The molecule has 6 nitrogen and oxygen atoms in total. The molecule has 0 radical (unpaired) electrons. The second-order valence-corrected chi connectivity index (χ2v) is 7.24. The molecule has 2 amide bonds. The van der Waals surface area contributed by atoms with Gasteiger partial charge < -0.3 is 10.2 Å². The second kappa shape index (κ2) is 7.76. The van der Waals surface area contributed by atoms with Gasteiger partial charge in [0.25, 0.3) is 11.8 Å². The van der Waals surface area contributed by atoms with E-state index in [9.17, 15) is 9.59 Å². The lowest BCUT2D eigenvalue weighted by molar-refractivity contribution is 0.0697. The van der Waals surface area contributed by atoms with E-state index in [2.05, 4.69) is 22.2 Å². The minimum atomic E-state index is -0.361. The van der Waals surface area contributed by atoms with Crippen molar-refractivity contribution in [3.63, 3.8) is 0 Å². The number of amides is 2. The first-order valence-corrected chi connectivity index (χ1v) is 9.52. The number of hydrogen-bond acceptors (Lipinski definition) is 4. The molecule has 0 bridgehead atoms. The maximum atomic E-state index is 12.8. The van der Waals surface area contributed by atoms with Gasteiger partial charge in [-0.3, -0.25) is 19.6 Å². The van der Waals surface area contributed by atoms with Crippen molar-refractivity contribution in [3.8, 4) is 0 Å². The number of carbonyl (C=O) groups excluding carboxylic acids is 2. The van der Waals surface area contributed by atoms with Crippen LogP contribution in [0.3, 0.4) is 0 Å². The predicted octanol–water partition coefficient (Wildman–Crippen LogP) is 3.75. The largest absolute Gasteiger partial charge is 0.339 e. The van der Waals surface area contributed by atoms with Crippen molar-refractivity contribution >= 4 is 28.4 Å². The lowest BCUT2D eigenvalue weighted by Crippen LogP contribution is -2.38. The van der Waals surface area contributed by atoms with Gasteiger partial charge in [-0.25, -0.2) is 0 Å². The van der Waals surface area contributed by atoms with Crippen LogP contribution in [0.5, 0.6) is 0 Å². The van der Waals surface area contributed by atoms with Crippen molar-refractivity contribution in [2.24, 2.45) is 5.92 Å². The molecule has 0 unspecified atom stereocenters. The Bertz CT molecular complexity index is 1020. The first kappa shape index (κ1) is 18.1. The van der Waals surface area contributed by atoms with Gasteiger partial charge in [0.15, 0.2) is 0 Å². The number of anilines is 1. The molecule has 0 saturated carbocycles. The van der Waals surface area contributed by atoms with Crippen LogP contribution in [0.2, 0.25) is 0 Å². The number of piperidine rings is 1. The molecule has 3 heterocycles. The summed E-state index contributed by atoms with van der Waals surface area (Å²) in [6, 6.07) is 12.6. The summed E-state index contributed by atoms with van der Waals surface area (Å²) in [6.45, 7) is 3.72. The SMILES string of the molecule is CC1CCN(C(=O)c2ccnc(C(=O)Nc3cccc4cccnc34)c2)CC1. The van der Waals surface area contributed by atoms with E-state index in [0.717, 1.165) is 31.3 Å². The number of likely N-dealkylation sites (tertiary alicyclic amines) is 1. The molecule has 0 atom stereocenters. The molecule has 1 aliphatic heterocycles. The number of para-hydroxylation sites is 1. The smallest absolute Gasteiger partial charge is 0.274 e. The minimum absolute atomic E-state index is 0.0461. The van der Waals surface area contributed by atoms with Crippen molar-refractivity contribution in [1.29, 1.82) is 0 Å². The topological polar surface area (TPSA) is 75.2 Å². The highest BCUT2D eigenvalue weighted by Gasteiger charge is 2.22. The molecule has 3 aromatic rings. The van der Waals surface area contributed by atoms with Gasteiger partial charge in [-0.15, -0.1) is 0 Å². The van der Waals surface area contributed by atoms with Crippen LogP contribution in [0.15, 0.2) is 54.9 Å². The van der Waals surface area contributed by atoms with E-state index in [1.54, 1.807) is 24.4 Å². The molecule has 142 valence electrons. The number of fused-ring (bicyclic) bond motifs is 1. The number of nitrogens with zero attached hydrogens (tertiary/aromatic N) is 3. The fourth-order valence-corrected chi connectivity index (χ4v) is 3.47. The fraction of sp³-hybridized carbons (Fsp3) is 0.273. The van der Waals surface area contributed by atoms with Crippen LogP contribution >= 0.6 is 0 Å². The first-order valence-electron chi connectivity index (χ1n) is 9.52. The maximum absolute atomic E-state index is 12.8. The monoisotopic (exact) mass is 374 g/mol. The van der Waals surface area contributed by atoms with Gasteiger partial charge in [-0.05, 0) is 43.0 Å². The third kappa shape index (κ3) is 3.71. The van der Waals surface area contributed by atoms with Crippen LogP contribution in [0.1, 0.15) is 40.6 Å². The normalized spacial score (nSPS) is 14.8. The number of aromatic nitrogens is 2. The number of hydrogen-bond donors (Lipinski definition) is 1. The van der Waals surface area contributed by atoms with Gasteiger partial charge in [0.2, 0.25) is 0 Å². The Morgan fingerprint density at radius 2 is 1.82 bits per heavy atom. The maximum Gasteiger partial charge on any atom is 0.274 e. The Kier molecular flexibility index (Phi) is 5.02. The molecular weight excluding hydrogens is 352 g/mol. The molecule has 0 aliphatic carbocycles. The summed E-state index contributed by atoms with van der Waals surface area (Å²) in [4.78, 5) is 35.8. The van der Waals surface area contributed by atoms with E-state index in [1.165, 1.54) is 6.20 Å². The van der Waals surface area contributed by atoms with Crippen LogP contribution < -0.4 is 5.32 Å². The molecule has 2 aromatic heterocycles. The van der Waals surface area contributed by atoms with E-state index in [-0.39, 0.29) is 17.5 Å². The molecule has 1 aliphatic rings. The molecule has 1 saturated heterocycles. The number of rotatable bonds is 3. The zero-order chi connectivity index (χ0) is 19.5. The number of benzene rings is 1. The van der Waals surface area contributed by atoms with E-state index in [1.807, 2.05) is 29.2 Å². The average molecular weight is 374 g/mol. The quantitative estimate of drug-likeness (QED) is 0.757. The van der Waals surface area contributed by atoms with Gasteiger partial charge in [-0.2, -0.15) is 0 Å². The Hall–Kier alpha value is -3.28. The Morgan fingerprint density at radius 1 is 1.04 bits per heavy atom. The molecule has 4 rings (SSSR count). The van der Waals surface area contributed by atoms with Crippen LogP contribution in [0.4, 0.5) is 5.69 Å². The standard InChI is InChI=1S/C22H22N4O2/c1-15-8-12-26(13-9-15)22(28)17-7-11-23-19(14-17)21(27)25-18-6-2-4-16-5-3-10-24-20(16)18/h2-7,10-11,14-15H,8-9,12-13H2,1H3,(H,25,27). The highest BCUT2D eigenvalue weighted by atomic mass is 16.2. The lowest BCUT2D eigenvalue weighted by atomic mass is 9.98. The first-order chi connectivity index (χ1) is 13.6.